The van der Waals surface area contributed by atoms with Gasteiger partial charge in [-0.3, -0.25) is 0 Å². The SMILES string of the molecule is CCCCS(#N)=O. The summed E-state index contributed by atoms with van der Waals surface area (Å²) in [5, 5.41) is 0. The summed E-state index contributed by atoms with van der Waals surface area (Å²) in [5.74, 6) is 0.427. The molecule has 0 aromatic heterocycles. The minimum absolute atomic E-state index is 0.427. The minimum Gasteiger partial charge on any atom is -0.196 e. The Balaban J connectivity index is 3.04. The van der Waals surface area contributed by atoms with Gasteiger partial charge in [0.25, 0.3) is 0 Å². The maximum atomic E-state index is 9.87. The van der Waals surface area contributed by atoms with E-state index in [1.807, 2.05) is 6.92 Å². The van der Waals surface area contributed by atoms with Crippen molar-refractivity contribution in [3.63, 3.8) is 0 Å². The summed E-state index contributed by atoms with van der Waals surface area (Å²) >= 11 is 0. The molecule has 2 nitrogen and oxygen atoms in total. The van der Waals surface area contributed by atoms with E-state index in [1.54, 1.807) is 0 Å². The predicted molar refractivity (Wildman–Crippen MR) is 29.6 cm³/mol. The lowest BCUT2D eigenvalue weighted by atomic mass is 10.4. The molecule has 0 amide bonds. The van der Waals surface area contributed by atoms with E-state index in [-0.39, 0.29) is 0 Å². The number of hydrogen-bond acceptors (Lipinski definition) is 2. The van der Waals surface area contributed by atoms with Gasteiger partial charge < -0.3 is 0 Å². The van der Waals surface area contributed by atoms with E-state index in [0.29, 0.717) is 5.75 Å². The standard InChI is InChI=1S/C4H9NOS/c1-2-3-4-7(5)6/h2-4H2,1H3. The molecule has 0 N–H and O–H groups in total. The first-order valence-corrected chi connectivity index (χ1v) is 3.62. The Morgan fingerprint density at radius 2 is 2.29 bits per heavy atom. The molecule has 0 aliphatic carbocycles. The minimum atomic E-state index is -1.57. The van der Waals surface area contributed by atoms with Crippen molar-refractivity contribution in [3.05, 3.63) is 0 Å². The molecule has 7 heavy (non-hydrogen) atoms. The molecule has 0 rings (SSSR count). The van der Waals surface area contributed by atoms with E-state index >= 15 is 0 Å². The Hall–Kier alpha value is -0.270. The molecular weight excluding hydrogens is 110 g/mol. The highest BCUT2D eigenvalue weighted by atomic mass is 32.2. The van der Waals surface area contributed by atoms with Gasteiger partial charge in [-0.1, -0.05) is 13.3 Å². The van der Waals surface area contributed by atoms with Crippen LogP contribution in [0.2, 0.25) is 0 Å². The van der Waals surface area contributed by atoms with E-state index in [0.717, 1.165) is 12.8 Å². The number of nitrogens with zero attached hydrogens (tertiary/aromatic N) is 1. The smallest absolute Gasteiger partial charge is 0.161 e. The van der Waals surface area contributed by atoms with E-state index in [2.05, 4.69) is 0 Å². The van der Waals surface area contributed by atoms with Gasteiger partial charge in [0.15, 0.2) is 10.4 Å². The molecule has 0 unspecified atom stereocenters. The molecular formula is C4H9NOS. The topological polar surface area (TPSA) is 40.9 Å². The first-order valence-electron chi connectivity index (χ1n) is 2.35. The van der Waals surface area contributed by atoms with E-state index in [9.17, 15) is 4.21 Å². The number of rotatable bonds is 2. The summed E-state index contributed by atoms with van der Waals surface area (Å²) in [6, 6.07) is 0. The Morgan fingerprint density at radius 1 is 1.71 bits per heavy atom. The summed E-state index contributed by atoms with van der Waals surface area (Å²) in [6.45, 7) is 1.99. The zero-order valence-corrected chi connectivity index (χ0v) is 5.20. The third kappa shape index (κ3) is 5.73. The zero-order chi connectivity index (χ0) is 5.70. The molecule has 0 saturated heterocycles. The molecule has 0 saturated carbocycles. The second kappa shape index (κ2) is 3.90. The van der Waals surface area contributed by atoms with Crippen LogP contribution in [0.5, 0.6) is 0 Å². The lowest BCUT2D eigenvalue weighted by Crippen LogP contribution is -1.80. The van der Waals surface area contributed by atoms with Gasteiger partial charge >= 0.3 is 0 Å². The van der Waals surface area contributed by atoms with Crippen molar-refractivity contribution in [2.75, 3.05) is 5.75 Å². The fourth-order valence-corrected chi connectivity index (χ4v) is 0.803. The van der Waals surface area contributed by atoms with Gasteiger partial charge in [-0.25, -0.2) is 0 Å². The molecule has 0 spiro atoms. The molecule has 0 heterocycles. The van der Waals surface area contributed by atoms with E-state index in [1.165, 1.54) is 0 Å². The highest BCUT2D eigenvalue weighted by Crippen LogP contribution is 1.83. The number of unbranched alkanes of at least 4 members (excludes halogenated alkanes) is 1. The Bertz CT molecular complexity index is 135. The molecule has 3 heteroatoms. The number of hydrogen-bond donors (Lipinski definition) is 0. The molecule has 0 aromatic carbocycles. The molecule has 0 radical (unpaired) electrons. The Labute approximate surface area is 45.6 Å². The van der Waals surface area contributed by atoms with Crippen LogP contribution in [0.4, 0.5) is 0 Å². The summed E-state index contributed by atoms with van der Waals surface area (Å²) < 4.78 is 18.0. The fraction of sp³-hybridized carbons (Fsp3) is 1.00. The van der Waals surface area contributed by atoms with E-state index < -0.39 is 10.4 Å². The molecule has 0 aliphatic rings. The quantitative estimate of drug-likeness (QED) is 0.544. The van der Waals surface area contributed by atoms with Crippen LogP contribution < -0.4 is 0 Å². The van der Waals surface area contributed by atoms with Gasteiger partial charge in [0, 0.05) is 0 Å². The van der Waals surface area contributed by atoms with Crippen LogP contribution in [0.25, 0.3) is 0 Å². The van der Waals surface area contributed by atoms with Gasteiger partial charge in [0.2, 0.25) is 0 Å². The van der Waals surface area contributed by atoms with Gasteiger partial charge in [-0.15, -0.1) is 4.61 Å². The van der Waals surface area contributed by atoms with Gasteiger partial charge in [0.05, 0.1) is 5.75 Å². The van der Waals surface area contributed by atoms with Crippen LogP contribution in [0, 0.1) is 4.61 Å². The van der Waals surface area contributed by atoms with Crippen LogP contribution >= 0.6 is 0 Å². The summed E-state index contributed by atoms with van der Waals surface area (Å²) in [5.41, 5.74) is 0. The van der Waals surface area contributed by atoms with Crippen LogP contribution in [0.1, 0.15) is 19.8 Å². The first kappa shape index (κ1) is 6.73. The van der Waals surface area contributed by atoms with Crippen molar-refractivity contribution in [2.45, 2.75) is 19.8 Å². The van der Waals surface area contributed by atoms with Crippen molar-refractivity contribution in [2.24, 2.45) is 0 Å². The van der Waals surface area contributed by atoms with Crippen molar-refractivity contribution >= 4 is 10.4 Å². The van der Waals surface area contributed by atoms with Crippen molar-refractivity contribution in [1.82, 2.24) is 0 Å². The normalized spacial score (nSPS) is 8.57. The fourth-order valence-electron chi connectivity index (χ4n) is 0.268. The molecule has 0 bridgehead atoms. The average molecular weight is 119 g/mol. The van der Waals surface area contributed by atoms with Gasteiger partial charge in [0.1, 0.15) is 0 Å². The largest absolute Gasteiger partial charge is 0.196 e. The first-order chi connectivity index (χ1) is 3.27. The summed E-state index contributed by atoms with van der Waals surface area (Å²) in [6.07, 6.45) is 1.84. The van der Waals surface area contributed by atoms with Crippen LogP contribution in [-0.4, -0.2) is 9.96 Å². The maximum absolute atomic E-state index is 9.87. The molecule has 42 valence electrons. The molecule has 0 aliphatic heterocycles. The third-order valence-electron chi connectivity index (χ3n) is 0.673. The highest BCUT2D eigenvalue weighted by Gasteiger charge is 1.81. The monoisotopic (exact) mass is 119 g/mol. The molecule has 0 atom stereocenters. The van der Waals surface area contributed by atoms with Crippen molar-refractivity contribution in [1.29, 1.82) is 4.61 Å². The van der Waals surface area contributed by atoms with E-state index in [4.69, 9.17) is 4.61 Å². The van der Waals surface area contributed by atoms with Crippen LogP contribution in [-0.2, 0) is 10.4 Å². The van der Waals surface area contributed by atoms with Crippen molar-refractivity contribution in [3.8, 4) is 0 Å². The summed E-state index contributed by atoms with van der Waals surface area (Å²) in [4.78, 5) is 0. The van der Waals surface area contributed by atoms with Crippen molar-refractivity contribution < 1.29 is 4.21 Å². The second-order valence-corrected chi connectivity index (χ2v) is 2.43. The third-order valence-corrected chi connectivity index (χ3v) is 1.31. The Morgan fingerprint density at radius 3 is 2.43 bits per heavy atom. The zero-order valence-electron chi connectivity index (χ0n) is 4.39. The average Bonchev–Trinajstić information content (AvgIpc) is 1.61. The molecule has 0 aromatic rings. The van der Waals surface area contributed by atoms with Gasteiger partial charge in [-0.2, -0.15) is 4.21 Å². The predicted octanol–water partition coefficient (Wildman–Crippen LogP) is 1.01. The maximum Gasteiger partial charge on any atom is 0.161 e. The molecule has 0 fully saturated rings. The van der Waals surface area contributed by atoms with Crippen LogP contribution in [0.15, 0.2) is 0 Å². The lowest BCUT2D eigenvalue weighted by Gasteiger charge is -1.78. The lowest BCUT2D eigenvalue weighted by molar-refractivity contribution is 0.686. The summed E-state index contributed by atoms with van der Waals surface area (Å²) in [7, 11) is -1.57. The van der Waals surface area contributed by atoms with Gasteiger partial charge in [-0.05, 0) is 6.42 Å². The second-order valence-electron chi connectivity index (χ2n) is 1.38. The highest BCUT2D eigenvalue weighted by molar-refractivity contribution is 7.70. The van der Waals surface area contributed by atoms with Crippen LogP contribution in [0.3, 0.4) is 0 Å². The Kier molecular flexibility index (Phi) is 3.75.